The van der Waals surface area contributed by atoms with Crippen molar-refractivity contribution in [1.29, 1.82) is 0 Å². The Morgan fingerprint density at radius 2 is 2.23 bits per heavy atom. The molecule has 1 aromatic heterocycles. The van der Waals surface area contributed by atoms with Crippen LogP contribution in [0.25, 0.3) is 0 Å². The first-order chi connectivity index (χ1) is 10.6. The highest BCUT2D eigenvalue weighted by molar-refractivity contribution is 5.85. The molecule has 2 fully saturated rings. The van der Waals surface area contributed by atoms with Gasteiger partial charge in [-0.05, 0) is 44.9 Å². The van der Waals surface area contributed by atoms with E-state index < -0.39 is 0 Å². The van der Waals surface area contributed by atoms with Crippen molar-refractivity contribution in [3.8, 4) is 0 Å². The van der Waals surface area contributed by atoms with Crippen molar-refractivity contribution in [3.05, 3.63) is 42.2 Å². The lowest BCUT2D eigenvalue weighted by molar-refractivity contribution is -0.138. The van der Waals surface area contributed by atoms with Gasteiger partial charge in [0.15, 0.2) is 0 Å². The summed E-state index contributed by atoms with van der Waals surface area (Å²) in [5, 5.41) is 0. The zero-order valence-corrected chi connectivity index (χ0v) is 13.4. The van der Waals surface area contributed by atoms with Crippen LogP contribution in [0.5, 0.6) is 0 Å². The molecule has 0 aromatic carbocycles. The Labute approximate surface area is 132 Å². The molecule has 3 rings (SSSR count). The van der Waals surface area contributed by atoms with E-state index in [0.29, 0.717) is 12.5 Å². The summed E-state index contributed by atoms with van der Waals surface area (Å²) in [6, 6.07) is 6.16. The molecule has 1 atom stereocenters. The van der Waals surface area contributed by atoms with Crippen molar-refractivity contribution < 1.29 is 4.79 Å². The first kappa shape index (κ1) is 15.2. The highest BCUT2D eigenvalue weighted by atomic mass is 16.2. The third-order valence-corrected chi connectivity index (χ3v) is 4.94. The molecular weight excluding hydrogens is 274 g/mol. The van der Waals surface area contributed by atoms with Crippen molar-refractivity contribution >= 4 is 5.91 Å². The second-order valence-electron chi connectivity index (χ2n) is 6.65. The number of aryl methyl sites for hydroxylation is 1. The summed E-state index contributed by atoms with van der Waals surface area (Å²) in [6.07, 6.45) is 4.93. The van der Waals surface area contributed by atoms with Gasteiger partial charge in [0, 0.05) is 31.9 Å². The van der Waals surface area contributed by atoms with Crippen molar-refractivity contribution in [2.45, 2.75) is 32.7 Å². The first-order valence-electron chi connectivity index (χ1n) is 8.18. The second-order valence-corrected chi connectivity index (χ2v) is 6.65. The van der Waals surface area contributed by atoms with E-state index >= 15 is 0 Å². The molecule has 4 heteroatoms. The molecule has 118 valence electrons. The van der Waals surface area contributed by atoms with Gasteiger partial charge in [0.1, 0.15) is 0 Å². The number of hydrogen-bond acceptors (Lipinski definition) is 3. The molecule has 4 nitrogen and oxygen atoms in total. The number of amides is 1. The van der Waals surface area contributed by atoms with Crippen LogP contribution in [0.4, 0.5) is 0 Å². The minimum atomic E-state index is -0.162. The molecule has 2 saturated heterocycles. The van der Waals surface area contributed by atoms with Crippen LogP contribution in [0.2, 0.25) is 0 Å². The number of likely N-dealkylation sites (tertiary alicyclic amines) is 2. The van der Waals surface area contributed by atoms with Crippen LogP contribution >= 0.6 is 0 Å². The highest BCUT2D eigenvalue weighted by Crippen LogP contribution is 2.40. The number of carbonyl (C=O) groups excluding carboxylic acids is 1. The molecular formula is C18H25N3O. The fraction of sp³-hybridized carbons (Fsp3) is 0.556. The van der Waals surface area contributed by atoms with Gasteiger partial charge in [-0.15, -0.1) is 6.58 Å². The Balaban J connectivity index is 1.69. The van der Waals surface area contributed by atoms with Gasteiger partial charge in [-0.25, -0.2) is 0 Å². The number of hydrogen-bond donors (Lipinski definition) is 0. The van der Waals surface area contributed by atoms with E-state index in [4.69, 9.17) is 0 Å². The van der Waals surface area contributed by atoms with E-state index in [0.717, 1.165) is 56.8 Å². The predicted octanol–water partition coefficient (Wildman–Crippen LogP) is 2.39. The summed E-state index contributed by atoms with van der Waals surface area (Å²) in [7, 11) is 0. The van der Waals surface area contributed by atoms with Crippen LogP contribution in [-0.4, -0.2) is 46.9 Å². The van der Waals surface area contributed by atoms with E-state index in [-0.39, 0.29) is 5.41 Å². The van der Waals surface area contributed by atoms with Crippen molar-refractivity contribution in [2.24, 2.45) is 5.41 Å². The number of piperidine rings is 1. The summed E-state index contributed by atoms with van der Waals surface area (Å²) in [6.45, 7) is 10.1. The van der Waals surface area contributed by atoms with Gasteiger partial charge in [-0.2, -0.15) is 0 Å². The first-order valence-corrected chi connectivity index (χ1v) is 8.18. The SMILES string of the molecule is C=CCN1CCC2(CCCN(Cc3cccc(C)n3)C2)C1=O. The molecule has 0 aliphatic carbocycles. The molecule has 2 aliphatic heterocycles. The molecule has 0 radical (unpaired) electrons. The molecule has 1 amide bonds. The summed E-state index contributed by atoms with van der Waals surface area (Å²) in [5.74, 6) is 0.328. The second kappa shape index (κ2) is 6.21. The Hall–Kier alpha value is -1.68. The highest BCUT2D eigenvalue weighted by Gasteiger charge is 2.48. The number of aromatic nitrogens is 1. The fourth-order valence-electron chi connectivity index (χ4n) is 3.88. The van der Waals surface area contributed by atoms with Crippen molar-refractivity contribution in [3.63, 3.8) is 0 Å². The van der Waals surface area contributed by atoms with E-state index in [9.17, 15) is 4.79 Å². The molecule has 2 aliphatic rings. The number of nitrogens with zero attached hydrogens (tertiary/aromatic N) is 3. The average Bonchev–Trinajstić information content (AvgIpc) is 2.77. The molecule has 22 heavy (non-hydrogen) atoms. The van der Waals surface area contributed by atoms with Gasteiger partial charge in [0.2, 0.25) is 5.91 Å². The van der Waals surface area contributed by atoms with Crippen LogP contribution in [0.15, 0.2) is 30.9 Å². The van der Waals surface area contributed by atoms with Gasteiger partial charge >= 0.3 is 0 Å². The Bertz CT molecular complexity index is 571. The maximum Gasteiger partial charge on any atom is 0.230 e. The van der Waals surface area contributed by atoms with Crippen LogP contribution < -0.4 is 0 Å². The zero-order chi connectivity index (χ0) is 15.6. The maximum absolute atomic E-state index is 12.8. The molecule has 0 bridgehead atoms. The van der Waals surface area contributed by atoms with Gasteiger partial charge in [-0.3, -0.25) is 14.7 Å². The summed E-state index contributed by atoms with van der Waals surface area (Å²) in [4.78, 5) is 21.7. The van der Waals surface area contributed by atoms with Gasteiger partial charge in [-0.1, -0.05) is 12.1 Å². The third kappa shape index (κ3) is 2.93. The predicted molar refractivity (Wildman–Crippen MR) is 87.3 cm³/mol. The topological polar surface area (TPSA) is 36.4 Å². The quantitative estimate of drug-likeness (QED) is 0.801. The normalized spacial score (nSPS) is 25.9. The van der Waals surface area contributed by atoms with Crippen LogP contribution in [0.1, 0.15) is 30.7 Å². The van der Waals surface area contributed by atoms with E-state index in [1.54, 1.807) is 0 Å². The lowest BCUT2D eigenvalue weighted by Gasteiger charge is -2.38. The van der Waals surface area contributed by atoms with Gasteiger partial charge in [0.05, 0.1) is 11.1 Å². The van der Waals surface area contributed by atoms with E-state index in [1.165, 1.54) is 0 Å². The summed E-state index contributed by atoms with van der Waals surface area (Å²) in [5.41, 5.74) is 1.99. The molecule has 1 unspecified atom stereocenters. The smallest absolute Gasteiger partial charge is 0.230 e. The van der Waals surface area contributed by atoms with Gasteiger partial charge in [0.25, 0.3) is 0 Å². The summed E-state index contributed by atoms with van der Waals surface area (Å²) >= 11 is 0. The van der Waals surface area contributed by atoms with Crippen LogP contribution in [0, 0.1) is 12.3 Å². The lowest BCUT2D eigenvalue weighted by atomic mass is 9.78. The molecule has 0 N–H and O–H groups in total. The number of pyridine rings is 1. The van der Waals surface area contributed by atoms with Crippen molar-refractivity contribution in [2.75, 3.05) is 26.2 Å². The third-order valence-electron chi connectivity index (χ3n) is 4.94. The molecule has 0 saturated carbocycles. The largest absolute Gasteiger partial charge is 0.338 e. The zero-order valence-electron chi connectivity index (χ0n) is 13.4. The number of carbonyl (C=O) groups is 1. The molecule has 1 spiro atoms. The maximum atomic E-state index is 12.8. The van der Waals surface area contributed by atoms with Gasteiger partial charge < -0.3 is 4.90 Å². The lowest BCUT2D eigenvalue weighted by Crippen LogP contribution is -2.47. The standard InChI is InChI=1S/C18H25N3O/c1-3-10-21-12-9-18(17(21)22)8-5-11-20(14-18)13-16-7-4-6-15(2)19-16/h3-4,6-7H,1,5,8-14H2,2H3. The van der Waals surface area contributed by atoms with Crippen LogP contribution in [0.3, 0.4) is 0 Å². The van der Waals surface area contributed by atoms with E-state index in [1.807, 2.05) is 24.0 Å². The number of rotatable bonds is 4. The average molecular weight is 299 g/mol. The van der Waals surface area contributed by atoms with Crippen molar-refractivity contribution in [1.82, 2.24) is 14.8 Å². The van der Waals surface area contributed by atoms with Crippen LogP contribution in [-0.2, 0) is 11.3 Å². The molecule has 1 aromatic rings. The minimum Gasteiger partial charge on any atom is -0.338 e. The Kier molecular flexibility index (Phi) is 4.30. The van der Waals surface area contributed by atoms with E-state index in [2.05, 4.69) is 28.6 Å². The Morgan fingerprint density at radius 1 is 1.36 bits per heavy atom. The Morgan fingerprint density at radius 3 is 3.00 bits per heavy atom. The summed E-state index contributed by atoms with van der Waals surface area (Å²) < 4.78 is 0. The molecule has 3 heterocycles. The monoisotopic (exact) mass is 299 g/mol. The minimum absolute atomic E-state index is 0.162. The fourth-order valence-corrected chi connectivity index (χ4v) is 3.88.